The maximum Gasteiger partial charge on any atom is 0.333 e. The van der Waals surface area contributed by atoms with Gasteiger partial charge in [0.15, 0.2) is 0 Å². The van der Waals surface area contributed by atoms with Crippen molar-refractivity contribution < 1.29 is 9.53 Å². The van der Waals surface area contributed by atoms with Gasteiger partial charge in [-0.1, -0.05) is 60.0 Å². The standard InChI is InChI=1S/C18H34O2/c1-14(2)9-7-8-10-16(5)13-17(6)11-12-20-18(19)15(3)4/h14,16-17H,3,7-13H2,1-2,4-6H3. The van der Waals surface area contributed by atoms with Gasteiger partial charge in [-0.3, -0.25) is 0 Å². The highest BCUT2D eigenvalue weighted by molar-refractivity contribution is 5.86. The van der Waals surface area contributed by atoms with Crippen LogP contribution >= 0.6 is 0 Å². The van der Waals surface area contributed by atoms with Gasteiger partial charge in [0.05, 0.1) is 6.61 Å². The third-order valence-electron chi connectivity index (χ3n) is 3.73. The second kappa shape index (κ2) is 10.9. The zero-order valence-electron chi connectivity index (χ0n) is 14.2. The highest BCUT2D eigenvalue weighted by Gasteiger charge is 2.10. The van der Waals surface area contributed by atoms with Crippen LogP contribution in [0.25, 0.3) is 0 Å². The molecule has 0 saturated heterocycles. The normalized spacial score (nSPS) is 14.1. The Morgan fingerprint density at radius 2 is 1.55 bits per heavy atom. The van der Waals surface area contributed by atoms with Crippen molar-refractivity contribution >= 4 is 5.97 Å². The number of hydrogen-bond donors (Lipinski definition) is 0. The molecular weight excluding hydrogens is 248 g/mol. The molecule has 0 heterocycles. The number of carbonyl (C=O) groups excluding carboxylic acids is 1. The number of hydrogen-bond acceptors (Lipinski definition) is 2. The molecule has 0 N–H and O–H groups in total. The summed E-state index contributed by atoms with van der Waals surface area (Å²) >= 11 is 0. The summed E-state index contributed by atoms with van der Waals surface area (Å²) in [5, 5.41) is 0. The molecule has 2 heteroatoms. The van der Waals surface area contributed by atoms with Crippen molar-refractivity contribution in [3.05, 3.63) is 12.2 Å². The number of carbonyl (C=O) groups is 1. The highest BCUT2D eigenvalue weighted by atomic mass is 16.5. The van der Waals surface area contributed by atoms with Gasteiger partial charge in [0, 0.05) is 5.57 Å². The van der Waals surface area contributed by atoms with Gasteiger partial charge in [-0.05, 0) is 37.5 Å². The lowest BCUT2D eigenvalue weighted by Gasteiger charge is -2.17. The Bertz CT molecular complexity index is 281. The first kappa shape index (κ1) is 19.2. The van der Waals surface area contributed by atoms with Crippen LogP contribution in [0.5, 0.6) is 0 Å². The molecule has 0 aromatic heterocycles. The zero-order chi connectivity index (χ0) is 15.5. The molecule has 0 rings (SSSR count). The molecule has 0 saturated carbocycles. The smallest absolute Gasteiger partial charge is 0.333 e. The molecule has 2 atom stereocenters. The first-order chi connectivity index (χ1) is 9.32. The van der Waals surface area contributed by atoms with Crippen LogP contribution in [-0.4, -0.2) is 12.6 Å². The molecule has 2 nitrogen and oxygen atoms in total. The van der Waals surface area contributed by atoms with E-state index in [0.29, 0.717) is 18.1 Å². The number of esters is 1. The topological polar surface area (TPSA) is 26.3 Å². The van der Waals surface area contributed by atoms with E-state index in [0.717, 1.165) is 18.3 Å². The third kappa shape index (κ3) is 11.1. The Morgan fingerprint density at radius 1 is 1.00 bits per heavy atom. The van der Waals surface area contributed by atoms with Crippen molar-refractivity contribution in [2.75, 3.05) is 6.61 Å². The lowest BCUT2D eigenvalue weighted by Crippen LogP contribution is -2.11. The second-order valence-corrected chi connectivity index (χ2v) is 6.83. The Hall–Kier alpha value is -0.790. The van der Waals surface area contributed by atoms with Crippen LogP contribution in [0, 0.1) is 17.8 Å². The molecule has 0 aliphatic heterocycles. The minimum Gasteiger partial charge on any atom is -0.462 e. The summed E-state index contributed by atoms with van der Waals surface area (Å²) in [5.74, 6) is 1.95. The monoisotopic (exact) mass is 282 g/mol. The molecule has 0 aliphatic rings. The predicted octanol–water partition coefficient (Wildman–Crippen LogP) is 5.37. The quantitative estimate of drug-likeness (QED) is 0.289. The Labute approximate surface area is 126 Å². The van der Waals surface area contributed by atoms with Crippen molar-refractivity contribution in [2.24, 2.45) is 17.8 Å². The third-order valence-corrected chi connectivity index (χ3v) is 3.73. The molecule has 0 fully saturated rings. The number of rotatable bonds is 11. The van der Waals surface area contributed by atoms with E-state index in [2.05, 4.69) is 34.3 Å². The van der Waals surface area contributed by atoms with Crippen molar-refractivity contribution in [1.29, 1.82) is 0 Å². The molecular formula is C18H34O2. The Balaban J connectivity index is 3.61. The van der Waals surface area contributed by atoms with Crippen LogP contribution in [0.1, 0.15) is 73.1 Å². The van der Waals surface area contributed by atoms with Gasteiger partial charge in [0.1, 0.15) is 0 Å². The van der Waals surface area contributed by atoms with Crippen LogP contribution in [0.3, 0.4) is 0 Å². The maximum absolute atomic E-state index is 11.3. The Morgan fingerprint density at radius 3 is 2.10 bits per heavy atom. The SMILES string of the molecule is C=C(C)C(=O)OCCC(C)CC(C)CCCCC(C)C. The van der Waals surface area contributed by atoms with Crippen LogP contribution in [-0.2, 0) is 9.53 Å². The van der Waals surface area contributed by atoms with Crippen molar-refractivity contribution in [3.8, 4) is 0 Å². The molecule has 0 radical (unpaired) electrons. The maximum atomic E-state index is 11.3. The zero-order valence-corrected chi connectivity index (χ0v) is 14.2. The highest BCUT2D eigenvalue weighted by Crippen LogP contribution is 2.21. The van der Waals surface area contributed by atoms with Gasteiger partial charge >= 0.3 is 5.97 Å². The van der Waals surface area contributed by atoms with Crippen molar-refractivity contribution in [3.63, 3.8) is 0 Å². The molecule has 20 heavy (non-hydrogen) atoms. The lowest BCUT2D eigenvalue weighted by molar-refractivity contribution is -0.139. The van der Waals surface area contributed by atoms with Crippen molar-refractivity contribution in [1.82, 2.24) is 0 Å². The molecule has 2 unspecified atom stereocenters. The van der Waals surface area contributed by atoms with Gasteiger partial charge in [0.2, 0.25) is 0 Å². The molecule has 118 valence electrons. The van der Waals surface area contributed by atoms with Crippen LogP contribution in [0.4, 0.5) is 0 Å². The van der Waals surface area contributed by atoms with E-state index in [-0.39, 0.29) is 5.97 Å². The predicted molar refractivity (Wildman–Crippen MR) is 86.6 cm³/mol. The largest absolute Gasteiger partial charge is 0.462 e. The average molecular weight is 282 g/mol. The van der Waals surface area contributed by atoms with E-state index in [1.165, 1.54) is 32.1 Å². The molecule has 0 aromatic rings. The minimum absolute atomic E-state index is 0.265. The number of ether oxygens (including phenoxy) is 1. The van der Waals surface area contributed by atoms with Crippen LogP contribution in [0.2, 0.25) is 0 Å². The summed E-state index contributed by atoms with van der Waals surface area (Å²) in [7, 11) is 0. The summed E-state index contributed by atoms with van der Waals surface area (Å²) in [6, 6.07) is 0. The van der Waals surface area contributed by atoms with E-state index < -0.39 is 0 Å². The fourth-order valence-corrected chi connectivity index (χ4v) is 2.44. The van der Waals surface area contributed by atoms with Gasteiger partial charge < -0.3 is 4.74 Å². The van der Waals surface area contributed by atoms with Crippen LogP contribution in [0.15, 0.2) is 12.2 Å². The van der Waals surface area contributed by atoms with E-state index in [4.69, 9.17) is 4.74 Å². The first-order valence-electron chi connectivity index (χ1n) is 8.15. The Kier molecular flexibility index (Phi) is 10.5. The minimum atomic E-state index is -0.265. The molecule has 0 aromatic carbocycles. The van der Waals surface area contributed by atoms with E-state index in [1.54, 1.807) is 6.92 Å². The summed E-state index contributed by atoms with van der Waals surface area (Å²) in [6.45, 7) is 15.0. The number of unbranched alkanes of at least 4 members (excludes halogenated alkanes) is 1. The molecule has 0 amide bonds. The second-order valence-electron chi connectivity index (χ2n) is 6.83. The van der Waals surface area contributed by atoms with Gasteiger partial charge in [0.25, 0.3) is 0 Å². The van der Waals surface area contributed by atoms with Crippen molar-refractivity contribution in [2.45, 2.75) is 73.1 Å². The van der Waals surface area contributed by atoms with E-state index in [1.807, 2.05) is 0 Å². The summed E-state index contributed by atoms with van der Waals surface area (Å²) < 4.78 is 5.14. The fourth-order valence-electron chi connectivity index (χ4n) is 2.44. The molecule has 0 spiro atoms. The van der Waals surface area contributed by atoms with E-state index in [9.17, 15) is 4.79 Å². The van der Waals surface area contributed by atoms with Gasteiger partial charge in [-0.15, -0.1) is 0 Å². The average Bonchev–Trinajstić information content (AvgIpc) is 2.34. The van der Waals surface area contributed by atoms with Gasteiger partial charge in [-0.2, -0.15) is 0 Å². The fraction of sp³-hybridized carbons (Fsp3) is 0.833. The summed E-state index contributed by atoms with van der Waals surface area (Å²) in [5.41, 5.74) is 0.483. The summed E-state index contributed by atoms with van der Waals surface area (Å²) in [4.78, 5) is 11.3. The lowest BCUT2D eigenvalue weighted by atomic mass is 9.90. The van der Waals surface area contributed by atoms with E-state index >= 15 is 0 Å². The summed E-state index contributed by atoms with van der Waals surface area (Å²) in [6.07, 6.45) is 7.55. The van der Waals surface area contributed by atoms with Crippen LogP contribution < -0.4 is 0 Å². The molecule has 0 bridgehead atoms. The van der Waals surface area contributed by atoms with Gasteiger partial charge in [-0.25, -0.2) is 4.79 Å². The molecule has 0 aliphatic carbocycles. The first-order valence-corrected chi connectivity index (χ1v) is 8.15.